The summed E-state index contributed by atoms with van der Waals surface area (Å²) in [5, 5.41) is 0. The quantitative estimate of drug-likeness (QED) is 0.633. The predicted octanol–water partition coefficient (Wildman–Crippen LogP) is 3.85. The number of hydrogen-bond donors (Lipinski definition) is 1. The molecule has 2 aliphatic rings. The van der Waals surface area contributed by atoms with Gasteiger partial charge < -0.3 is 15.0 Å². The molecule has 1 aliphatic carbocycles. The largest absolute Gasteiger partial charge is 0.494 e. The number of hydrogen-bond acceptors (Lipinski definition) is 3. The fourth-order valence-corrected chi connectivity index (χ4v) is 2.56. The van der Waals surface area contributed by atoms with Crippen molar-refractivity contribution in [3.8, 4) is 0 Å². The first-order valence-electron chi connectivity index (χ1n) is 7.78. The summed E-state index contributed by atoms with van der Waals surface area (Å²) in [6.07, 6.45) is 13.5. The molecule has 0 atom stereocenters. The van der Waals surface area contributed by atoms with Gasteiger partial charge in [-0.15, -0.1) is 0 Å². The van der Waals surface area contributed by atoms with E-state index in [1.165, 1.54) is 11.8 Å². The lowest BCUT2D eigenvalue weighted by Crippen LogP contribution is -2.41. The third-order valence-electron chi connectivity index (χ3n) is 4.64. The zero-order valence-corrected chi connectivity index (χ0v) is 14.1. The van der Waals surface area contributed by atoms with E-state index in [1.54, 1.807) is 0 Å². The van der Waals surface area contributed by atoms with Crippen LogP contribution < -0.4 is 5.73 Å². The second-order valence-electron chi connectivity index (χ2n) is 6.71. The highest BCUT2D eigenvalue weighted by atomic mass is 16.7. The second kappa shape index (κ2) is 6.31. The van der Waals surface area contributed by atoms with Crippen molar-refractivity contribution < 1.29 is 9.31 Å². The summed E-state index contributed by atoms with van der Waals surface area (Å²) in [5.74, 6) is 0. The molecule has 0 radical (unpaired) electrons. The Morgan fingerprint density at radius 2 is 1.91 bits per heavy atom. The maximum absolute atomic E-state index is 6.13. The lowest BCUT2D eigenvalue weighted by molar-refractivity contribution is 0.00578. The maximum Gasteiger partial charge on any atom is 0.494 e. The van der Waals surface area contributed by atoms with Crippen LogP contribution in [0.25, 0.3) is 0 Å². The SMILES string of the molecule is C=C/C(=C\C=C/N)C1=CC(B2OC(C)(C)C(C)(C)O2)=CCC1. The van der Waals surface area contributed by atoms with Crippen LogP contribution in [0.2, 0.25) is 0 Å². The van der Waals surface area contributed by atoms with Crippen LogP contribution in [0.3, 0.4) is 0 Å². The van der Waals surface area contributed by atoms with E-state index in [2.05, 4.69) is 46.4 Å². The van der Waals surface area contributed by atoms with Gasteiger partial charge in [-0.3, -0.25) is 0 Å². The van der Waals surface area contributed by atoms with Crippen LogP contribution in [0.4, 0.5) is 0 Å². The van der Waals surface area contributed by atoms with Gasteiger partial charge in [-0.05, 0) is 69.4 Å². The molecule has 22 heavy (non-hydrogen) atoms. The lowest BCUT2D eigenvalue weighted by atomic mass is 9.73. The Balaban J connectivity index is 2.24. The number of allylic oxidation sites excluding steroid dienone is 8. The average molecular weight is 299 g/mol. The maximum atomic E-state index is 6.13. The topological polar surface area (TPSA) is 44.5 Å². The van der Waals surface area contributed by atoms with Crippen LogP contribution in [-0.2, 0) is 9.31 Å². The fraction of sp³-hybridized carbons (Fsp3) is 0.444. The predicted molar refractivity (Wildman–Crippen MR) is 93.1 cm³/mol. The molecular formula is C18H26BNO2. The molecule has 1 fully saturated rings. The van der Waals surface area contributed by atoms with Crippen LogP contribution in [-0.4, -0.2) is 18.3 Å². The molecule has 2 N–H and O–H groups in total. The van der Waals surface area contributed by atoms with Gasteiger partial charge in [-0.1, -0.05) is 30.9 Å². The Labute approximate surface area is 134 Å². The van der Waals surface area contributed by atoms with Gasteiger partial charge in [0, 0.05) is 0 Å². The molecule has 0 bridgehead atoms. The summed E-state index contributed by atoms with van der Waals surface area (Å²) < 4.78 is 12.3. The van der Waals surface area contributed by atoms with Crippen LogP contribution in [0, 0.1) is 0 Å². The number of nitrogens with two attached hydrogens (primary N) is 1. The molecule has 0 aromatic rings. The summed E-state index contributed by atoms with van der Waals surface area (Å²) in [6.45, 7) is 12.2. The van der Waals surface area contributed by atoms with Crippen molar-refractivity contribution in [1.29, 1.82) is 0 Å². The molecule has 1 aliphatic heterocycles. The average Bonchev–Trinajstić information content (AvgIpc) is 2.69. The minimum absolute atomic E-state index is 0.309. The van der Waals surface area contributed by atoms with Crippen LogP contribution in [0.1, 0.15) is 40.5 Å². The summed E-state index contributed by atoms with van der Waals surface area (Å²) in [7, 11) is -0.309. The van der Waals surface area contributed by atoms with Gasteiger partial charge in [-0.25, -0.2) is 0 Å². The first-order valence-corrected chi connectivity index (χ1v) is 7.78. The Kier molecular flexibility index (Phi) is 4.83. The van der Waals surface area contributed by atoms with Crippen molar-refractivity contribution in [2.24, 2.45) is 5.73 Å². The van der Waals surface area contributed by atoms with Gasteiger partial charge in [0.2, 0.25) is 0 Å². The first-order chi connectivity index (χ1) is 10.3. The highest BCUT2D eigenvalue weighted by molar-refractivity contribution is 6.55. The van der Waals surface area contributed by atoms with Gasteiger partial charge >= 0.3 is 7.12 Å². The van der Waals surface area contributed by atoms with E-state index in [4.69, 9.17) is 15.0 Å². The Hall–Kier alpha value is -1.52. The van der Waals surface area contributed by atoms with Crippen LogP contribution in [0.15, 0.2) is 59.8 Å². The van der Waals surface area contributed by atoms with E-state index >= 15 is 0 Å². The molecule has 1 saturated heterocycles. The van der Waals surface area contributed by atoms with E-state index in [0.29, 0.717) is 0 Å². The van der Waals surface area contributed by atoms with Crippen molar-refractivity contribution in [2.75, 3.05) is 0 Å². The summed E-state index contributed by atoms with van der Waals surface area (Å²) in [5.41, 5.74) is 8.20. The zero-order chi connectivity index (χ0) is 16.4. The van der Waals surface area contributed by atoms with E-state index < -0.39 is 0 Å². The van der Waals surface area contributed by atoms with Crippen molar-refractivity contribution >= 4 is 7.12 Å². The van der Waals surface area contributed by atoms with Gasteiger partial charge in [0.05, 0.1) is 11.2 Å². The molecule has 0 amide bonds. The zero-order valence-electron chi connectivity index (χ0n) is 14.1. The smallest absolute Gasteiger partial charge is 0.405 e. The van der Waals surface area contributed by atoms with E-state index in [0.717, 1.165) is 23.9 Å². The molecular weight excluding hydrogens is 273 g/mol. The first kappa shape index (κ1) is 16.8. The van der Waals surface area contributed by atoms with E-state index in [9.17, 15) is 0 Å². The molecule has 118 valence electrons. The van der Waals surface area contributed by atoms with Gasteiger partial charge in [0.1, 0.15) is 0 Å². The Bertz CT molecular complexity index is 552. The third-order valence-corrected chi connectivity index (χ3v) is 4.64. The van der Waals surface area contributed by atoms with Crippen LogP contribution in [0.5, 0.6) is 0 Å². The third kappa shape index (κ3) is 3.28. The van der Waals surface area contributed by atoms with Crippen molar-refractivity contribution in [3.05, 3.63) is 59.8 Å². The van der Waals surface area contributed by atoms with E-state index in [-0.39, 0.29) is 18.3 Å². The molecule has 1 heterocycles. The fourth-order valence-electron chi connectivity index (χ4n) is 2.56. The Morgan fingerprint density at radius 3 is 2.45 bits per heavy atom. The Morgan fingerprint density at radius 1 is 1.27 bits per heavy atom. The molecule has 0 aromatic carbocycles. The van der Waals surface area contributed by atoms with Gasteiger partial charge in [0.15, 0.2) is 0 Å². The van der Waals surface area contributed by atoms with Crippen molar-refractivity contribution in [1.82, 2.24) is 0 Å². The van der Waals surface area contributed by atoms with Crippen LogP contribution >= 0.6 is 0 Å². The molecule has 0 saturated carbocycles. The second-order valence-corrected chi connectivity index (χ2v) is 6.71. The molecule has 0 aromatic heterocycles. The summed E-state index contributed by atoms with van der Waals surface area (Å²) in [4.78, 5) is 0. The van der Waals surface area contributed by atoms with Crippen molar-refractivity contribution in [3.63, 3.8) is 0 Å². The molecule has 4 heteroatoms. The minimum Gasteiger partial charge on any atom is -0.405 e. The summed E-state index contributed by atoms with van der Waals surface area (Å²) in [6, 6.07) is 0. The monoisotopic (exact) mass is 299 g/mol. The standard InChI is InChI=1S/C18H26BNO2/c1-6-14(10-8-12-20)15-9-7-11-16(13-15)19-21-17(2,3)18(4,5)22-19/h6,8,10-13H,1,7,9,20H2,2-5H3/b12-8-,14-10+. The molecule has 2 rings (SSSR count). The minimum atomic E-state index is -0.316. The highest BCUT2D eigenvalue weighted by Gasteiger charge is 2.52. The van der Waals surface area contributed by atoms with Crippen molar-refractivity contribution in [2.45, 2.75) is 51.7 Å². The normalized spacial score (nSPS) is 24.4. The molecule has 0 spiro atoms. The molecule has 0 unspecified atom stereocenters. The summed E-state index contributed by atoms with van der Waals surface area (Å²) >= 11 is 0. The molecule has 3 nitrogen and oxygen atoms in total. The van der Waals surface area contributed by atoms with Gasteiger partial charge in [-0.2, -0.15) is 0 Å². The number of rotatable bonds is 4. The highest BCUT2D eigenvalue weighted by Crippen LogP contribution is 2.40. The van der Waals surface area contributed by atoms with Gasteiger partial charge in [0.25, 0.3) is 0 Å². The lowest BCUT2D eigenvalue weighted by Gasteiger charge is -2.32. The van der Waals surface area contributed by atoms with E-state index in [1.807, 2.05) is 18.2 Å².